The van der Waals surface area contributed by atoms with Crippen LogP contribution in [0.3, 0.4) is 0 Å². The lowest BCUT2D eigenvalue weighted by atomic mass is 10.2. The van der Waals surface area contributed by atoms with Crippen LogP contribution in [0.5, 0.6) is 0 Å². The molecule has 35 heavy (non-hydrogen) atoms. The highest BCUT2D eigenvalue weighted by atomic mass is 16.3. The predicted octanol–water partition coefficient (Wildman–Crippen LogP) is 8.61. The van der Waals surface area contributed by atoms with Crippen molar-refractivity contribution in [3.63, 3.8) is 0 Å². The number of aryl methyl sites for hydroxylation is 5. The van der Waals surface area contributed by atoms with Crippen molar-refractivity contribution in [2.24, 2.45) is 0 Å². The molecule has 0 atom stereocenters. The van der Waals surface area contributed by atoms with Gasteiger partial charge < -0.3 is 4.42 Å². The number of pyridine rings is 3. The minimum Gasteiger partial charge on any atom is -0.443 e. The van der Waals surface area contributed by atoms with E-state index in [2.05, 4.69) is 46.1 Å². The first-order valence-electron chi connectivity index (χ1n) is 12.7. The van der Waals surface area contributed by atoms with E-state index in [1.165, 1.54) is 35.9 Å². The number of aromatic nitrogens is 3. The summed E-state index contributed by atoms with van der Waals surface area (Å²) >= 11 is 0. The molecule has 1 aliphatic carbocycles. The summed E-state index contributed by atoms with van der Waals surface area (Å²) < 4.78 is 5.26. The summed E-state index contributed by atoms with van der Waals surface area (Å²) in [7, 11) is 0. The molecule has 4 aromatic heterocycles. The Morgan fingerprint density at radius 3 is 2.14 bits per heavy atom. The van der Waals surface area contributed by atoms with Crippen LogP contribution in [0.25, 0.3) is 22.0 Å². The molecule has 4 heterocycles. The molecule has 0 saturated heterocycles. The molecule has 0 spiro atoms. The van der Waals surface area contributed by atoms with E-state index >= 15 is 0 Å². The number of furan rings is 1. The standard InChI is InChI=1S/C10H9N.C9H11N.C8H7NO.2C2H6/c1-8-6-7-9-4-2-3-5-10(9)11-8;1-7-5-6-8-3-2-4-9(8)10-7;1-6-5-7-3-2-4-9-8(7)10-6;2*1-2/h2-7H,1H3;5-6H,2-4H2,1H3;2-5H,1H3;2*1-2H3. The maximum atomic E-state index is 5.26. The third-order valence-electron chi connectivity index (χ3n) is 5.22. The molecule has 4 nitrogen and oxygen atoms in total. The van der Waals surface area contributed by atoms with Gasteiger partial charge >= 0.3 is 0 Å². The summed E-state index contributed by atoms with van der Waals surface area (Å²) in [6.45, 7) is 14.0. The van der Waals surface area contributed by atoms with E-state index in [-0.39, 0.29) is 0 Å². The zero-order valence-corrected chi connectivity index (χ0v) is 22.3. The molecular weight excluding hydrogens is 430 g/mol. The highest BCUT2D eigenvalue weighted by Gasteiger charge is 2.10. The minimum absolute atomic E-state index is 0.722. The Morgan fingerprint density at radius 2 is 1.37 bits per heavy atom. The van der Waals surface area contributed by atoms with Crippen molar-refractivity contribution >= 4 is 22.0 Å². The zero-order valence-electron chi connectivity index (χ0n) is 22.3. The Labute approximate surface area is 210 Å². The van der Waals surface area contributed by atoms with E-state index in [0.717, 1.165) is 33.8 Å². The number of nitrogens with zero attached hydrogens (tertiary/aromatic N) is 3. The molecule has 1 aromatic carbocycles. The number of benzene rings is 1. The highest BCUT2D eigenvalue weighted by molar-refractivity contribution is 5.78. The van der Waals surface area contributed by atoms with Gasteiger partial charge in [-0.25, -0.2) is 4.98 Å². The van der Waals surface area contributed by atoms with Gasteiger partial charge in [0.15, 0.2) is 0 Å². The first-order chi connectivity index (χ1) is 17.1. The maximum Gasteiger partial charge on any atom is 0.226 e. The van der Waals surface area contributed by atoms with Crippen LogP contribution in [0.15, 0.2) is 77.3 Å². The number of rotatable bonds is 0. The van der Waals surface area contributed by atoms with E-state index in [9.17, 15) is 0 Å². The normalized spacial score (nSPS) is 10.9. The summed E-state index contributed by atoms with van der Waals surface area (Å²) in [6, 6.07) is 22.4. The van der Waals surface area contributed by atoms with Gasteiger partial charge in [0.25, 0.3) is 0 Å². The third kappa shape index (κ3) is 8.32. The number of fused-ring (bicyclic) bond motifs is 3. The van der Waals surface area contributed by atoms with E-state index in [0.29, 0.717) is 0 Å². The lowest BCUT2D eigenvalue weighted by molar-refractivity contribution is 0.567. The van der Waals surface area contributed by atoms with Crippen LogP contribution in [0.1, 0.15) is 62.5 Å². The van der Waals surface area contributed by atoms with Crippen LogP contribution in [0.2, 0.25) is 0 Å². The molecule has 0 unspecified atom stereocenters. The Morgan fingerprint density at radius 1 is 0.686 bits per heavy atom. The van der Waals surface area contributed by atoms with Gasteiger partial charge in [-0.2, -0.15) is 0 Å². The van der Waals surface area contributed by atoms with Crippen LogP contribution in [-0.4, -0.2) is 15.0 Å². The van der Waals surface area contributed by atoms with Crippen LogP contribution in [-0.2, 0) is 12.8 Å². The van der Waals surface area contributed by atoms with Gasteiger partial charge in [0.05, 0.1) is 5.52 Å². The molecule has 4 heteroatoms. The fraction of sp³-hybridized carbons (Fsp3) is 0.323. The lowest BCUT2D eigenvalue weighted by Crippen LogP contribution is -1.89. The Bertz CT molecular complexity index is 1270. The summed E-state index contributed by atoms with van der Waals surface area (Å²) in [5, 5.41) is 2.28. The van der Waals surface area contributed by atoms with Crippen molar-refractivity contribution < 1.29 is 4.42 Å². The smallest absolute Gasteiger partial charge is 0.226 e. The van der Waals surface area contributed by atoms with Crippen LogP contribution in [0.4, 0.5) is 0 Å². The summed E-state index contributed by atoms with van der Waals surface area (Å²) in [6.07, 6.45) is 5.46. The first-order valence-corrected chi connectivity index (χ1v) is 12.7. The Hall–Kier alpha value is -3.53. The predicted molar refractivity (Wildman–Crippen MR) is 149 cm³/mol. The quantitative estimate of drug-likeness (QED) is 0.228. The molecular formula is C31H39N3O. The van der Waals surface area contributed by atoms with Crippen molar-refractivity contribution in [3.8, 4) is 0 Å². The van der Waals surface area contributed by atoms with E-state index in [1.54, 1.807) is 6.20 Å². The zero-order chi connectivity index (χ0) is 25.6. The van der Waals surface area contributed by atoms with Crippen molar-refractivity contribution in [1.29, 1.82) is 0 Å². The van der Waals surface area contributed by atoms with Gasteiger partial charge in [-0.05, 0) is 82.0 Å². The molecule has 0 saturated carbocycles. The Balaban J connectivity index is 0.000000173. The second-order valence-electron chi connectivity index (χ2n) is 7.81. The summed E-state index contributed by atoms with van der Waals surface area (Å²) in [4.78, 5) is 12.9. The summed E-state index contributed by atoms with van der Waals surface area (Å²) in [5.74, 6) is 0.911. The molecule has 5 aromatic rings. The lowest BCUT2D eigenvalue weighted by Gasteiger charge is -1.97. The molecule has 0 N–H and O–H groups in total. The van der Waals surface area contributed by atoms with Gasteiger partial charge in [0.1, 0.15) is 5.76 Å². The van der Waals surface area contributed by atoms with E-state index < -0.39 is 0 Å². The van der Waals surface area contributed by atoms with Gasteiger partial charge in [-0.1, -0.05) is 58.0 Å². The second kappa shape index (κ2) is 14.7. The molecule has 0 fully saturated rings. The first kappa shape index (κ1) is 27.7. The molecule has 6 rings (SSSR count). The van der Waals surface area contributed by atoms with Crippen molar-refractivity contribution in [3.05, 3.63) is 101 Å². The molecule has 0 bridgehead atoms. The van der Waals surface area contributed by atoms with E-state index in [4.69, 9.17) is 4.42 Å². The molecule has 0 radical (unpaired) electrons. The highest BCUT2D eigenvalue weighted by Crippen LogP contribution is 2.19. The van der Waals surface area contributed by atoms with Crippen LogP contribution >= 0.6 is 0 Å². The minimum atomic E-state index is 0.722. The topological polar surface area (TPSA) is 51.8 Å². The molecule has 0 amide bonds. The molecule has 184 valence electrons. The fourth-order valence-electron chi connectivity index (χ4n) is 3.70. The summed E-state index contributed by atoms with van der Waals surface area (Å²) in [5.41, 5.74) is 6.82. The second-order valence-corrected chi connectivity index (χ2v) is 7.81. The van der Waals surface area contributed by atoms with Gasteiger partial charge in [0.2, 0.25) is 5.71 Å². The van der Waals surface area contributed by atoms with Gasteiger partial charge in [-0.3, -0.25) is 9.97 Å². The van der Waals surface area contributed by atoms with Gasteiger partial charge in [0, 0.05) is 34.1 Å². The fourth-order valence-corrected chi connectivity index (χ4v) is 3.70. The van der Waals surface area contributed by atoms with Crippen molar-refractivity contribution in [2.45, 2.75) is 67.7 Å². The Kier molecular flexibility index (Phi) is 11.6. The SMILES string of the molecule is CC.CC.Cc1cc2cccnc2o1.Cc1ccc2c(n1)CCC2.Cc1ccc2ccccc2n1. The number of hydrogen-bond donors (Lipinski definition) is 0. The number of hydrogen-bond acceptors (Lipinski definition) is 4. The largest absolute Gasteiger partial charge is 0.443 e. The van der Waals surface area contributed by atoms with Crippen LogP contribution < -0.4 is 0 Å². The third-order valence-corrected chi connectivity index (χ3v) is 5.22. The van der Waals surface area contributed by atoms with Crippen molar-refractivity contribution in [1.82, 2.24) is 15.0 Å². The number of para-hydroxylation sites is 1. The maximum absolute atomic E-state index is 5.26. The van der Waals surface area contributed by atoms with E-state index in [1.807, 2.05) is 84.0 Å². The molecule has 1 aliphatic rings. The average molecular weight is 470 g/mol. The average Bonchev–Trinajstić information content (AvgIpc) is 3.52. The van der Waals surface area contributed by atoms with Gasteiger partial charge in [-0.15, -0.1) is 0 Å². The molecule has 0 aliphatic heterocycles. The van der Waals surface area contributed by atoms with Crippen LogP contribution in [0, 0.1) is 20.8 Å². The van der Waals surface area contributed by atoms with Crippen molar-refractivity contribution in [2.75, 3.05) is 0 Å². The monoisotopic (exact) mass is 469 g/mol.